The van der Waals surface area contributed by atoms with Gasteiger partial charge in [0.15, 0.2) is 5.17 Å². The predicted octanol–water partition coefficient (Wildman–Crippen LogP) is 4.14. The number of carbonyl (C=O) groups excluding carboxylic acids is 2. The maximum absolute atomic E-state index is 12.9. The van der Waals surface area contributed by atoms with E-state index in [4.69, 9.17) is 9.73 Å². The van der Waals surface area contributed by atoms with E-state index in [-0.39, 0.29) is 24.5 Å². The Labute approximate surface area is 199 Å². The Bertz CT molecular complexity index is 1150. The van der Waals surface area contributed by atoms with Gasteiger partial charge in [-0.2, -0.15) is 0 Å². The first-order valence-electron chi connectivity index (χ1n) is 10.6. The van der Waals surface area contributed by atoms with Gasteiger partial charge in [0, 0.05) is 30.0 Å². The summed E-state index contributed by atoms with van der Waals surface area (Å²) in [7, 11) is 0. The average molecular weight is 479 g/mol. The zero-order chi connectivity index (χ0) is 22.7. The third-order valence-corrected chi connectivity index (χ3v) is 7.82. The number of thiazole rings is 1. The largest absolute Gasteiger partial charge is 0.445 e. The number of thioether (sulfide) groups is 1. The summed E-state index contributed by atoms with van der Waals surface area (Å²) >= 11 is 3.02. The number of nitrogens with one attached hydrogen (secondary N) is 1. The lowest BCUT2D eigenvalue weighted by Crippen LogP contribution is -2.42. The number of hydrogen-bond donors (Lipinski definition) is 1. The molecule has 2 amide bonds. The number of likely N-dealkylation sites (tertiary alicyclic amines) is 1. The molecule has 5 rings (SSSR count). The molecule has 2 aliphatic rings. The highest BCUT2D eigenvalue weighted by atomic mass is 32.2. The van der Waals surface area contributed by atoms with Crippen LogP contribution >= 0.6 is 23.1 Å². The lowest BCUT2D eigenvalue weighted by atomic mass is 9.87. The Balaban J connectivity index is 1.35. The molecule has 0 spiro atoms. The highest BCUT2D eigenvalue weighted by Crippen LogP contribution is 2.47. The molecule has 0 saturated carbocycles. The zero-order valence-corrected chi connectivity index (χ0v) is 19.3. The fourth-order valence-corrected chi connectivity index (χ4v) is 6.12. The summed E-state index contributed by atoms with van der Waals surface area (Å²) < 4.78 is 5.58. The topological polar surface area (TPSA) is 83.9 Å². The van der Waals surface area contributed by atoms with Crippen LogP contribution in [0.3, 0.4) is 0 Å². The van der Waals surface area contributed by atoms with Crippen molar-refractivity contribution in [1.82, 2.24) is 15.2 Å². The number of aliphatic imine (C=N–C) groups is 1. The van der Waals surface area contributed by atoms with Crippen molar-refractivity contribution in [2.45, 2.75) is 12.1 Å². The number of aromatic nitrogens is 1. The maximum Gasteiger partial charge on any atom is 0.410 e. The molecular formula is C24H22N4O3S2. The molecule has 1 saturated heterocycles. The van der Waals surface area contributed by atoms with Crippen LogP contribution in [-0.4, -0.2) is 45.9 Å². The second kappa shape index (κ2) is 9.36. The van der Waals surface area contributed by atoms with E-state index in [0.29, 0.717) is 23.8 Å². The molecular weight excluding hydrogens is 456 g/mol. The van der Waals surface area contributed by atoms with Crippen molar-refractivity contribution in [3.05, 3.63) is 88.4 Å². The number of benzene rings is 2. The van der Waals surface area contributed by atoms with Crippen LogP contribution < -0.4 is 5.32 Å². The Morgan fingerprint density at radius 1 is 1.12 bits per heavy atom. The van der Waals surface area contributed by atoms with E-state index in [0.717, 1.165) is 16.2 Å². The van der Waals surface area contributed by atoms with Gasteiger partial charge >= 0.3 is 6.09 Å². The second-order valence-corrected chi connectivity index (χ2v) is 9.85. The van der Waals surface area contributed by atoms with Gasteiger partial charge in [0.25, 0.3) is 5.91 Å². The van der Waals surface area contributed by atoms with Crippen molar-refractivity contribution in [3.63, 3.8) is 0 Å². The van der Waals surface area contributed by atoms with Crippen LogP contribution in [0.2, 0.25) is 0 Å². The van der Waals surface area contributed by atoms with E-state index < -0.39 is 5.54 Å². The Morgan fingerprint density at radius 3 is 2.61 bits per heavy atom. The molecule has 3 aromatic rings. The molecule has 2 aromatic carbocycles. The summed E-state index contributed by atoms with van der Waals surface area (Å²) in [5, 5.41) is 3.51. The Morgan fingerprint density at radius 2 is 1.88 bits per heavy atom. The van der Waals surface area contributed by atoms with Crippen molar-refractivity contribution in [2.24, 2.45) is 10.9 Å². The van der Waals surface area contributed by atoms with E-state index in [1.807, 2.05) is 54.7 Å². The summed E-state index contributed by atoms with van der Waals surface area (Å²) in [4.78, 5) is 37.5. The molecule has 33 heavy (non-hydrogen) atoms. The number of ether oxygens (including phenoxy) is 1. The normalized spacial score (nSPS) is 21.8. The molecule has 2 atom stereocenters. The molecule has 2 aliphatic heterocycles. The minimum atomic E-state index is -0.641. The van der Waals surface area contributed by atoms with Gasteiger partial charge < -0.3 is 15.0 Å². The molecule has 0 radical (unpaired) electrons. The molecule has 9 heteroatoms. The standard InChI is InChI=1S/C24H22N4O3S2/c29-21(18-9-5-2-6-10-18)26-22-27-24(20-11-25-16-33-20)15-28(12-19(24)14-32-22)23(30)31-13-17-7-3-1-4-8-17/h1-11,16,19H,12-15H2,(H,26,27,29). The van der Waals surface area contributed by atoms with Crippen molar-refractivity contribution in [3.8, 4) is 0 Å². The first-order chi connectivity index (χ1) is 16.1. The maximum atomic E-state index is 12.9. The van der Waals surface area contributed by atoms with Crippen LogP contribution in [0.1, 0.15) is 20.8 Å². The third kappa shape index (κ3) is 4.51. The Hall–Kier alpha value is -3.17. The van der Waals surface area contributed by atoms with Crippen molar-refractivity contribution >= 4 is 40.3 Å². The third-order valence-electron chi connectivity index (χ3n) is 5.85. The first-order valence-corrected chi connectivity index (χ1v) is 12.4. The lowest BCUT2D eigenvalue weighted by Gasteiger charge is -2.33. The minimum absolute atomic E-state index is 0.101. The molecule has 1 aromatic heterocycles. The van der Waals surface area contributed by atoms with Crippen LogP contribution in [0.25, 0.3) is 0 Å². The van der Waals surface area contributed by atoms with E-state index in [9.17, 15) is 9.59 Å². The van der Waals surface area contributed by atoms with Crippen LogP contribution in [0, 0.1) is 5.92 Å². The van der Waals surface area contributed by atoms with Gasteiger partial charge in [-0.15, -0.1) is 11.3 Å². The van der Waals surface area contributed by atoms with E-state index in [1.54, 1.807) is 22.5 Å². The number of carbonyl (C=O) groups is 2. The fourth-order valence-electron chi connectivity index (χ4n) is 4.15. The molecule has 1 N–H and O–H groups in total. The average Bonchev–Trinajstić information content (AvgIpc) is 3.53. The number of fused-ring (bicyclic) bond motifs is 1. The van der Waals surface area contributed by atoms with Gasteiger partial charge in [-0.05, 0) is 17.7 Å². The first kappa shape index (κ1) is 21.7. The highest BCUT2D eigenvalue weighted by molar-refractivity contribution is 8.13. The van der Waals surface area contributed by atoms with Gasteiger partial charge in [-0.1, -0.05) is 60.3 Å². The van der Waals surface area contributed by atoms with Crippen LogP contribution in [0.5, 0.6) is 0 Å². The number of amides is 2. The van der Waals surface area contributed by atoms with Gasteiger partial charge in [-0.25, -0.2) is 9.79 Å². The molecule has 2 unspecified atom stereocenters. The van der Waals surface area contributed by atoms with Crippen LogP contribution in [0.4, 0.5) is 4.79 Å². The molecule has 168 valence electrons. The monoisotopic (exact) mass is 478 g/mol. The quantitative estimate of drug-likeness (QED) is 0.609. The van der Waals surface area contributed by atoms with Gasteiger partial charge in [0.2, 0.25) is 0 Å². The molecule has 3 heterocycles. The number of nitrogens with zero attached hydrogens (tertiary/aromatic N) is 3. The highest BCUT2D eigenvalue weighted by Gasteiger charge is 2.53. The van der Waals surface area contributed by atoms with Gasteiger partial charge in [0.1, 0.15) is 12.1 Å². The molecule has 1 fully saturated rings. The van der Waals surface area contributed by atoms with Gasteiger partial charge in [-0.3, -0.25) is 9.78 Å². The van der Waals surface area contributed by atoms with E-state index in [2.05, 4.69) is 10.3 Å². The molecule has 0 aliphatic carbocycles. The van der Waals surface area contributed by atoms with Crippen molar-refractivity contribution < 1.29 is 14.3 Å². The summed E-state index contributed by atoms with van der Waals surface area (Å²) in [6.45, 7) is 1.16. The summed E-state index contributed by atoms with van der Waals surface area (Å²) in [6.07, 6.45) is 1.46. The predicted molar refractivity (Wildman–Crippen MR) is 129 cm³/mol. The van der Waals surface area contributed by atoms with E-state index >= 15 is 0 Å². The fraction of sp³-hybridized carbons (Fsp3) is 0.250. The van der Waals surface area contributed by atoms with Crippen LogP contribution in [-0.2, 0) is 16.9 Å². The number of hydrogen-bond acceptors (Lipinski definition) is 7. The molecule has 0 bridgehead atoms. The lowest BCUT2D eigenvalue weighted by molar-refractivity contribution is 0.0975. The summed E-state index contributed by atoms with van der Waals surface area (Å²) in [5.74, 6) is 0.635. The van der Waals surface area contributed by atoms with Crippen LogP contribution in [0.15, 0.2) is 77.4 Å². The van der Waals surface area contributed by atoms with Gasteiger partial charge in [0.05, 0.1) is 16.9 Å². The summed E-state index contributed by atoms with van der Waals surface area (Å²) in [6, 6.07) is 18.7. The minimum Gasteiger partial charge on any atom is -0.445 e. The van der Waals surface area contributed by atoms with Crippen molar-refractivity contribution in [1.29, 1.82) is 0 Å². The zero-order valence-electron chi connectivity index (χ0n) is 17.7. The molecule has 7 nitrogen and oxygen atoms in total. The van der Waals surface area contributed by atoms with Crippen molar-refractivity contribution in [2.75, 3.05) is 18.8 Å². The summed E-state index contributed by atoms with van der Waals surface area (Å²) in [5.41, 5.74) is 2.65. The second-order valence-electron chi connectivity index (χ2n) is 7.96. The number of rotatable bonds is 4. The number of amidine groups is 1. The Kier molecular flexibility index (Phi) is 6.15. The smallest absolute Gasteiger partial charge is 0.410 e. The van der Waals surface area contributed by atoms with E-state index in [1.165, 1.54) is 23.1 Å². The SMILES string of the molecule is O=C(NC1=NC2(c3cncs3)CN(C(=O)OCc3ccccc3)CC2CS1)c1ccccc1.